The quantitative estimate of drug-likeness (QED) is 0.244. The highest BCUT2D eigenvalue weighted by Gasteiger charge is 2.49. The molecule has 1 aliphatic rings. The van der Waals surface area contributed by atoms with E-state index in [2.05, 4.69) is 9.47 Å². The summed E-state index contributed by atoms with van der Waals surface area (Å²) in [5, 5.41) is 0. The normalized spacial score (nSPS) is 23.3. The summed E-state index contributed by atoms with van der Waals surface area (Å²) >= 11 is 0. The Labute approximate surface area is 171 Å². The smallest absolute Gasteiger partial charge is 0.453 e. The SMILES string of the molecule is CCCCC[C@H](OC(=O)C(F)(F)F)[C@@H]1C[C@H](OC(=O)C(F)(F)F)[C@H](CCCCC)O1. The van der Waals surface area contributed by atoms with Gasteiger partial charge in [0.15, 0.2) is 0 Å². The van der Waals surface area contributed by atoms with E-state index in [1.807, 2.05) is 13.8 Å². The number of hydrogen-bond acceptors (Lipinski definition) is 5. The first-order valence-electron chi connectivity index (χ1n) is 10.1. The lowest BCUT2D eigenvalue weighted by molar-refractivity contribution is -0.211. The fraction of sp³-hybridized carbons (Fsp3) is 0.895. The lowest BCUT2D eigenvalue weighted by Gasteiger charge is -2.24. The van der Waals surface area contributed by atoms with Crippen molar-refractivity contribution in [3.63, 3.8) is 0 Å². The van der Waals surface area contributed by atoms with Crippen LogP contribution < -0.4 is 0 Å². The minimum atomic E-state index is -5.20. The molecule has 1 heterocycles. The van der Waals surface area contributed by atoms with E-state index in [4.69, 9.17) is 4.74 Å². The highest BCUT2D eigenvalue weighted by Crippen LogP contribution is 2.34. The molecule has 1 aliphatic heterocycles. The first-order valence-corrected chi connectivity index (χ1v) is 10.1. The van der Waals surface area contributed by atoms with E-state index in [1.54, 1.807) is 0 Å². The fourth-order valence-electron chi connectivity index (χ4n) is 3.29. The molecule has 0 aromatic carbocycles. The van der Waals surface area contributed by atoms with Crippen molar-refractivity contribution >= 4 is 11.9 Å². The third kappa shape index (κ3) is 8.69. The molecule has 4 atom stereocenters. The molecule has 176 valence electrons. The number of halogens is 6. The standard InChI is InChI=1S/C19H28F6O5/c1-3-5-7-9-12-15(30-17(27)19(23,24)25)11-14(28-12)13(10-8-6-4-2)29-16(26)18(20,21)22/h12-15H,3-11H2,1-2H3/t12-,13-,14-,15-/m0/s1. The topological polar surface area (TPSA) is 61.8 Å². The molecule has 0 radical (unpaired) electrons. The van der Waals surface area contributed by atoms with Gasteiger partial charge in [0.05, 0.1) is 12.2 Å². The van der Waals surface area contributed by atoms with Crippen molar-refractivity contribution in [1.29, 1.82) is 0 Å². The first-order chi connectivity index (χ1) is 13.9. The van der Waals surface area contributed by atoms with Gasteiger partial charge in [0.1, 0.15) is 12.2 Å². The van der Waals surface area contributed by atoms with Gasteiger partial charge in [0.2, 0.25) is 0 Å². The van der Waals surface area contributed by atoms with Gasteiger partial charge in [0.25, 0.3) is 0 Å². The van der Waals surface area contributed by atoms with Crippen LogP contribution in [-0.4, -0.2) is 48.7 Å². The third-order valence-electron chi connectivity index (χ3n) is 4.81. The summed E-state index contributed by atoms with van der Waals surface area (Å²) in [5.74, 6) is -4.77. The predicted molar refractivity (Wildman–Crippen MR) is 93.4 cm³/mol. The maximum Gasteiger partial charge on any atom is 0.490 e. The van der Waals surface area contributed by atoms with Crippen molar-refractivity contribution < 1.29 is 50.1 Å². The second-order valence-electron chi connectivity index (χ2n) is 7.32. The van der Waals surface area contributed by atoms with Gasteiger partial charge in [-0.3, -0.25) is 0 Å². The van der Waals surface area contributed by atoms with Gasteiger partial charge in [0, 0.05) is 6.42 Å². The van der Waals surface area contributed by atoms with E-state index >= 15 is 0 Å². The Morgan fingerprint density at radius 3 is 2.03 bits per heavy atom. The lowest BCUT2D eigenvalue weighted by atomic mass is 10.0. The van der Waals surface area contributed by atoms with Gasteiger partial charge in [-0.25, -0.2) is 9.59 Å². The van der Waals surface area contributed by atoms with Crippen LogP contribution in [0.25, 0.3) is 0 Å². The van der Waals surface area contributed by atoms with Crippen LogP contribution in [0.4, 0.5) is 26.3 Å². The van der Waals surface area contributed by atoms with E-state index in [1.165, 1.54) is 0 Å². The zero-order valence-electron chi connectivity index (χ0n) is 17.0. The molecule has 0 bridgehead atoms. The molecule has 0 N–H and O–H groups in total. The van der Waals surface area contributed by atoms with Gasteiger partial charge in [-0.1, -0.05) is 46.0 Å². The molecule has 1 saturated heterocycles. The van der Waals surface area contributed by atoms with Crippen molar-refractivity contribution in [1.82, 2.24) is 0 Å². The molecule has 0 aliphatic carbocycles. The molecule has 0 saturated carbocycles. The Morgan fingerprint density at radius 1 is 0.933 bits per heavy atom. The molecule has 0 aromatic heterocycles. The molecular formula is C19H28F6O5. The Morgan fingerprint density at radius 2 is 1.50 bits per heavy atom. The second kappa shape index (κ2) is 11.8. The average Bonchev–Trinajstić information content (AvgIpc) is 3.02. The van der Waals surface area contributed by atoms with Gasteiger partial charge in [-0.05, 0) is 19.3 Å². The number of carbonyl (C=O) groups is 2. The zero-order valence-corrected chi connectivity index (χ0v) is 17.0. The van der Waals surface area contributed by atoms with E-state index < -0.39 is 48.7 Å². The third-order valence-corrected chi connectivity index (χ3v) is 4.81. The number of carbonyl (C=O) groups excluding carboxylic acids is 2. The van der Waals surface area contributed by atoms with Crippen LogP contribution in [0.3, 0.4) is 0 Å². The van der Waals surface area contributed by atoms with Crippen molar-refractivity contribution in [3.05, 3.63) is 0 Å². The van der Waals surface area contributed by atoms with Crippen molar-refractivity contribution in [2.45, 2.75) is 108 Å². The van der Waals surface area contributed by atoms with Crippen LogP contribution in [0.15, 0.2) is 0 Å². The number of hydrogen-bond donors (Lipinski definition) is 0. The van der Waals surface area contributed by atoms with E-state index in [0.717, 1.165) is 19.3 Å². The van der Waals surface area contributed by atoms with Crippen LogP contribution in [-0.2, 0) is 23.8 Å². The number of unbranched alkanes of at least 4 members (excludes halogenated alkanes) is 4. The predicted octanol–water partition coefficient (Wildman–Crippen LogP) is 5.25. The summed E-state index contributed by atoms with van der Waals surface area (Å²) in [6.07, 6.45) is -10.9. The first kappa shape index (κ1) is 26.5. The molecule has 11 heteroatoms. The zero-order chi connectivity index (χ0) is 22.9. The lowest BCUT2D eigenvalue weighted by Crippen LogP contribution is -2.37. The highest BCUT2D eigenvalue weighted by atomic mass is 19.4. The molecule has 0 spiro atoms. The summed E-state index contributed by atoms with van der Waals surface area (Å²) < 4.78 is 90.5. The molecule has 1 fully saturated rings. The fourth-order valence-corrected chi connectivity index (χ4v) is 3.29. The Hall–Kier alpha value is -1.52. The summed E-state index contributed by atoms with van der Waals surface area (Å²) in [4.78, 5) is 22.6. The highest BCUT2D eigenvalue weighted by molar-refractivity contribution is 5.76. The summed E-state index contributed by atoms with van der Waals surface area (Å²) in [6.45, 7) is 3.79. The maximum absolute atomic E-state index is 12.6. The van der Waals surface area contributed by atoms with E-state index in [0.29, 0.717) is 19.3 Å². The van der Waals surface area contributed by atoms with Gasteiger partial charge < -0.3 is 14.2 Å². The van der Waals surface area contributed by atoms with Crippen LogP contribution in [0.2, 0.25) is 0 Å². The van der Waals surface area contributed by atoms with E-state index in [9.17, 15) is 35.9 Å². The number of alkyl halides is 6. The number of esters is 2. The van der Waals surface area contributed by atoms with E-state index in [-0.39, 0.29) is 19.3 Å². The summed E-state index contributed by atoms with van der Waals surface area (Å²) in [5.41, 5.74) is 0. The van der Waals surface area contributed by atoms with Crippen LogP contribution in [0.5, 0.6) is 0 Å². The number of ether oxygens (including phenoxy) is 3. The van der Waals surface area contributed by atoms with Crippen molar-refractivity contribution in [2.75, 3.05) is 0 Å². The average molecular weight is 450 g/mol. The molecule has 5 nitrogen and oxygen atoms in total. The minimum Gasteiger partial charge on any atom is -0.453 e. The minimum absolute atomic E-state index is 0.0575. The van der Waals surface area contributed by atoms with Crippen molar-refractivity contribution in [3.8, 4) is 0 Å². The second-order valence-corrected chi connectivity index (χ2v) is 7.32. The van der Waals surface area contributed by atoms with Gasteiger partial charge in [-0.15, -0.1) is 0 Å². The van der Waals surface area contributed by atoms with Crippen LogP contribution in [0.1, 0.15) is 71.6 Å². The maximum atomic E-state index is 12.6. The van der Waals surface area contributed by atoms with Gasteiger partial charge >= 0.3 is 24.3 Å². The molecule has 0 amide bonds. The molecule has 0 aromatic rings. The number of rotatable bonds is 11. The monoisotopic (exact) mass is 450 g/mol. The molecule has 0 unspecified atom stereocenters. The largest absolute Gasteiger partial charge is 0.490 e. The molecular weight excluding hydrogens is 422 g/mol. The Bertz CT molecular complexity index is 549. The summed E-state index contributed by atoms with van der Waals surface area (Å²) in [7, 11) is 0. The van der Waals surface area contributed by atoms with Crippen LogP contribution >= 0.6 is 0 Å². The summed E-state index contributed by atoms with van der Waals surface area (Å²) in [6, 6.07) is 0. The van der Waals surface area contributed by atoms with Crippen LogP contribution in [0, 0.1) is 0 Å². The molecule has 1 rings (SSSR count). The van der Waals surface area contributed by atoms with Gasteiger partial charge in [-0.2, -0.15) is 26.3 Å². The molecule has 30 heavy (non-hydrogen) atoms. The van der Waals surface area contributed by atoms with Crippen molar-refractivity contribution in [2.24, 2.45) is 0 Å². The Kier molecular flexibility index (Phi) is 10.4. The Balaban J connectivity index is 2.93.